The third-order valence-electron chi connectivity index (χ3n) is 5.13. The van der Waals surface area contributed by atoms with Gasteiger partial charge in [0.15, 0.2) is 0 Å². The van der Waals surface area contributed by atoms with Gasteiger partial charge in [0, 0.05) is 25.6 Å². The average molecular weight is 289 g/mol. The molecule has 3 heteroatoms. The molecule has 3 rings (SSSR count). The van der Waals surface area contributed by atoms with Gasteiger partial charge >= 0.3 is 0 Å². The predicted molar refractivity (Wildman–Crippen MR) is 84.8 cm³/mol. The molecular weight excluding hydrogens is 262 g/mol. The number of hydrogen-bond donors (Lipinski definition) is 1. The maximum absolute atomic E-state index is 6.05. The zero-order chi connectivity index (χ0) is 14.7. The van der Waals surface area contributed by atoms with E-state index < -0.39 is 0 Å². The van der Waals surface area contributed by atoms with Crippen LogP contribution in [-0.4, -0.2) is 24.9 Å². The van der Waals surface area contributed by atoms with E-state index in [2.05, 4.69) is 37.4 Å². The number of ether oxygens (including phenoxy) is 2. The van der Waals surface area contributed by atoms with Gasteiger partial charge < -0.3 is 14.8 Å². The van der Waals surface area contributed by atoms with Gasteiger partial charge in [-0.1, -0.05) is 26.0 Å². The molecule has 2 heterocycles. The predicted octanol–water partition coefficient (Wildman–Crippen LogP) is 3.45. The van der Waals surface area contributed by atoms with E-state index in [9.17, 15) is 0 Å². The lowest BCUT2D eigenvalue weighted by Crippen LogP contribution is -2.46. The highest BCUT2D eigenvalue weighted by molar-refractivity contribution is 5.39. The van der Waals surface area contributed by atoms with E-state index in [0.29, 0.717) is 6.04 Å². The molecule has 0 saturated carbocycles. The summed E-state index contributed by atoms with van der Waals surface area (Å²) in [6.45, 7) is 7.15. The normalized spacial score (nSPS) is 23.6. The molecule has 1 unspecified atom stereocenters. The highest BCUT2D eigenvalue weighted by Gasteiger charge is 2.34. The van der Waals surface area contributed by atoms with Gasteiger partial charge in [0.1, 0.15) is 5.75 Å². The second kappa shape index (κ2) is 6.37. The molecule has 3 nitrogen and oxygen atoms in total. The molecule has 0 bridgehead atoms. The van der Waals surface area contributed by atoms with Crippen LogP contribution in [-0.2, 0) is 17.7 Å². The summed E-state index contributed by atoms with van der Waals surface area (Å²) in [5, 5.41) is 3.73. The van der Waals surface area contributed by atoms with Crippen LogP contribution in [0.4, 0.5) is 0 Å². The molecule has 0 aliphatic carbocycles. The Labute approximate surface area is 128 Å². The summed E-state index contributed by atoms with van der Waals surface area (Å²) in [4.78, 5) is 0. The average Bonchev–Trinajstić information content (AvgIpc) is 3.00. The second-order valence-corrected chi connectivity index (χ2v) is 6.35. The van der Waals surface area contributed by atoms with Crippen molar-refractivity contribution in [3.63, 3.8) is 0 Å². The Morgan fingerprint density at radius 1 is 1.24 bits per heavy atom. The summed E-state index contributed by atoms with van der Waals surface area (Å²) in [6, 6.07) is 7.17. The molecule has 1 saturated heterocycles. The van der Waals surface area contributed by atoms with Gasteiger partial charge in [-0.2, -0.15) is 0 Å². The molecule has 2 aliphatic heterocycles. The fourth-order valence-electron chi connectivity index (χ4n) is 3.56. The van der Waals surface area contributed by atoms with Gasteiger partial charge in [0.2, 0.25) is 0 Å². The Bertz CT molecular complexity index is 482. The van der Waals surface area contributed by atoms with Gasteiger partial charge in [-0.25, -0.2) is 0 Å². The first-order valence-corrected chi connectivity index (χ1v) is 8.36. The van der Waals surface area contributed by atoms with Crippen LogP contribution in [0.1, 0.15) is 50.7 Å². The molecule has 0 amide bonds. The molecule has 1 aromatic rings. The van der Waals surface area contributed by atoms with Crippen molar-refractivity contribution in [2.75, 3.05) is 13.2 Å². The van der Waals surface area contributed by atoms with Gasteiger partial charge in [0.05, 0.1) is 12.2 Å². The van der Waals surface area contributed by atoms with Crippen LogP contribution in [0.2, 0.25) is 0 Å². The molecule has 1 fully saturated rings. The molecule has 1 atom stereocenters. The van der Waals surface area contributed by atoms with Crippen molar-refractivity contribution >= 4 is 0 Å². The van der Waals surface area contributed by atoms with E-state index in [1.165, 1.54) is 11.1 Å². The lowest BCUT2D eigenvalue weighted by Gasteiger charge is -2.40. The fraction of sp³-hybridized carbons (Fsp3) is 0.667. The van der Waals surface area contributed by atoms with E-state index in [4.69, 9.17) is 9.47 Å². The Hall–Kier alpha value is -1.06. The van der Waals surface area contributed by atoms with E-state index in [1.807, 2.05) is 0 Å². The minimum Gasteiger partial charge on any atom is -0.493 e. The number of rotatable bonds is 5. The highest BCUT2D eigenvalue weighted by Crippen LogP contribution is 2.31. The van der Waals surface area contributed by atoms with Crippen LogP contribution in [0.5, 0.6) is 5.75 Å². The van der Waals surface area contributed by atoms with Crippen molar-refractivity contribution in [3.05, 3.63) is 29.3 Å². The first kappa shape index (κ1) is 14.9. The summed E-state index contributed by atoms with van der Waals surface area (Å²) in [7, 11) is 0. The zero-order valence-corrected chi connectivity index (χ0v) is 13.3. The fourth-order valence-corrected chi connectivity index (χ4v) is 3.56. The summed E-state index contributed by atoms with van der Waals surface area (Å²) < 4.78 is 11.6. The Morgan fingerprint density at radius 2 is 2.10 bits per heavy atom. The minimum absolute atomic E-state index is 0.0989. The molecule has 1 N–H and O–H groups in total. The molecular formula is C18H27NO2. The molecule has 21 heavy (non-hydrogen) atoms. The summed E-state index contributed by atoms with van der Waals surface area (Å²) in [5.74, 6) is 1.07. The highest BCUT2D eigenvalue weighted by atomic mass is 16.5. The Kier molecular flexibility index (Phi) is 4.51. The van der Waals surface area contributed by atoms with Gasteiger partial charge in [0.25, 0.3) is 0 Å². The van der Waals surface area contributed by atoms with E-state index in [0.717, 1.165) is 57.6 Å². The van der Waals surface area contributed by atoms with Crippen molar-refractivity contribution < 1.29 is 9.47 Å². The topological polar surface area (TPSA) is 30.5 Å². The van der Waals surface area contributed by atoms with Crippen LogP contribution in [0, 0.1) is 0 Å². The monoisotopic (exact) mass is 289 g/mol. The Morgan fingerprint density at radius 3 is 2.90 bits per heavy atom. The van der Waals surface area contributed by atoms with E-state index in [1.54, 1.807) is 0 Å². The minimum atomic E-state index is 0.0989. The number of hydrogen-bond acceptors (Lipinski definition) is 3. The molecule has 2 aliphatic rings. The quantitative estimate of drug-likeness (QED) is 0.900. The van der Waals surface area contributed by atoms with Crippen molar-refractivity contribution in [1.82, 2.24) is 5.32 Å². The van der Waals surface area contributed by atoms with Crippen LogP contribution >= 0.6 is 0 Å². The summed E-state index contributed by atoms with van der Waals surface area (Å²) >= 11 is 0. The third-order valence-corrected chi connectivity index (χ3v) is 5.13. The van der Waals surface area contributed by atoms with E-state index in [-0.39, 0.29) is 5.60 Å². The molecule has 0 aromatic heterocycles. The van der Waals surface area contributed by atoms with Gasteiger partial charge in [-0.3, -0.25) is 0 Å². The zero-order valence-electron chi connectivity index (χ0n) is 13.3. The maximum atomic E-state index is 6.05. The van der Waals surface area contributed by atoms with Crippen molar-refractivity contribution in [2.45, 2.75) is 64.1 Å². The first-order valence-electron chi connectivity index (χ1n) is 8.36. The van der Waals surface area contributed by atoms with Crippen LogP contribution in [0.25, 0.3) is 0 Å². The molecule has 0 spiro atoms. The largest absolute Gasteiger partial charge is 0.493 e. The van der Waals surface area contributed by atoms with Crippen LogP contribution in [0.15, 0.2) is 18.2 Å². The van der Waals surface area contributed by atoms with Crippen molar-refractivity contribution in [2.24, 2.45) is 0 Å². The number of benzene rings is 1. The van der Waals surface area contributed by atoms with Gasteiger partial charge in [-0.05, 0) is 42.9 Å². The SMILES string of the molecule is CCC1(CC)CC(NCc2ccc3c(c2)CCO3)CCO1. The lowest BCUT2D eigenvalue weighted by atomic mass is 9.86. The second-order valence-electron chi connectivity index (χ2n) is 6.35. The molecule has 116 valence electrons. The molecule has 0 radical (unpaired) electrons. The van der Waals surface area contributed by atoms with E-state index >= 15 is 0 Å². The number of nitrogens with one attached hydrogen (secondary N) is 1. The van der Waals surface area contributed by atoms with Crippen molar-refractivity contribution in [3.8, 4) is 5.75 Å². The summed E-state index contributed by atoms with van der Waals surface area (Å²) in [5.41, 5.74) is 2.82. The third kappa shape index (κ3) is 3.24. The van der Waals surface area contributed by atoms with Gasteiger partial charge in [-0.15, -0.1) is 0 Å². The molecule has 1 aromatic carbocycles. The van der Waals surface area contributed by atoms with Crippen LogP contribution < -0.4 is 10.1 Å². The maximum Gasteiger partial charge on any atom is 0.122 e. The first-order chi connectivity index (χ1) is 10.2. The van der Waals surface area contributed by atoms with Crippen LogP contribution in [0.3, 0.4) is 0 Å². The summed E-state index contributed by atoms with van der Waals surface area (Å²) in [6.07, 6.45) is 5.52. The van der Waals surface area contributed by atoms with Crippen molar-refractivity contribution in [1.29, 1.82) is 0 Å². The number of fused-ring (bicyclic) bond motifs is 1. The lowest BCUT2D eigenvalue weighted by molar-refractivity contribution is -0.0932. The standard InChI is InChI=1S/C18H27NO2/c1-3-18(4-2)12-16(8-10-21-18)19-13-14-5-6-17-15(11-14)7-9-20-17/h5-6,11,16,19H,3-4,7-10,12-13H2,1-2H3. The smallest absolute Gasteiger partial charge is 0.122 e. The Balaban J connectivity index is 1.57.